The van der Waals surface area contributed by atoms with Crippen LogP contribution in [0.15, 0.2) is 48.5 Å². The number of nitrogens with two attached hydrogens (primary N) is 2. The van der Waals surface area contributed by atoms with E-state index < -0.39 is 23.0 Å². The van der Waals surface area contributed by atoms with Gasteiger partial charge in [0.05, 0.1) is 22.5 Å². The van der Waals surface area contributed by atoms with Crippen molar-refractivity contribution in [3.8, 4) is 0 Å². The highest BCUT2D eigenvalue weighted by atomic mass is 35.5. The molecular weight excluding hydrogens is 497 g/mol. The zero-order chi connectivity index (χ0) is 24.6. The van der Waals surface area contributed by atoms with Crippen molar-refractivity contribution < 1.29 is 19.1 Å². The minimum atomic E-state index is -0.933. The molecule has 0 radical (unpaired) electrons. The fraction of sp³-hybridized carbons (Fsp3) is 0.125. The summed E-state index contributed by atoms with van der Waals surface area (Å²) in [7, 11) is 0. The summed E-state index contributed by atoms with van der Waals surface area (Å²) < 4.78 is 6.29. The van der Waals surface area contributed by atoms with E-state index in [1.807, 2.05) is 0 Å². The molecule has 1 amide bonds. The fourth-order valence-corrected chi connectivity index (χ4v) is 5.45. The van der Waals surface area contributed by atoms with Crippen molar-refractivity contribution in [1.82, 2.24) is 4.57 Å². The minimum Gasteiger partial charge on any atom is -0.461 e. The molecule has 1 aromatic heterocycles. The predicted molar refractivity (Wildman–Crippen MR) is 134 cm³/mol. The number of carbonyl (C=O) groups is 3. The van der Waals surface area contributed by atoms with Gasteiger partial charge in [-0.15, -0.1) is 0 Å². The number of nitrogens with zero attached hydrogens (tertiary/aromatic N) is 1. The molecule has 0 spiro atoms. The summed E-state index contributed by atoms with van der Waals surface area (Å²) in [6.07, 6.45) is 1.61. The summed E-state index contributed by atoms with van der Waals surface area (Å²) in [6.45, 7) is 1.70. The number of amides is 1. The lowest BCUT2D eigenvalue weighted by atomic mass is 10.1. The maximum absolute atomic E-state index is 13.8. The highest BCUT2D eigenvalue weighted by Gasteiger charge is 2.38. The van der Waals surface area contributed by atoms with E-state index in [0.717, 1.165) is 16.3 Å². The second-order valence-corrected chi connectivity index (χ2v) is 9.23. The first-order chi connectivity index (χ1) is 16.3. The molecule has 0 saturated heterocycles. The molecule has 0 fully saturated rings. The van der Waals surface area contributed by atoms with Crippen LogP contribution in [0.25, 0.3) is 11.0 Å². The van der Waals surface area contributed by atoms with Crippen LogP contribution in [0.3, 0.4) is 0 Å². The second kappa shape index (κ2) is 9.58. The van der Waals surface area contributed by atoms with E-state index >= 15 is 0 Å². The molecule has 4 N–H and O–H groups in total. The number of halogens is 2. The lowest BCUT2D eigenvalue weighted by Crippen LogP contribution is -2.43. The molecule has 0 bridgehead atoms. The zero-order valence-electron chi connectivity index (χ0n) is 17.9. The first kappa shape index (κ1) is 23.9. The largest absolute Gasteiger partial charge is 0.461 e. The molecule has 2 heterocycles. The molecule has 34 heavy (non-hydrogen) atoms. The van der Waals surface area contributed by atoms with Gasteiger partial charge in [-0.05, 0) is 36.3 Å². The number of carbonyl (C=O) groups excluding carboxylic acids is 3. The smallest absolute Gasteiger partial charge is 0.357 e. The standard InChI is InChI=1S/C24H19Cl2N3O4S/c1-2-33-24(32)19-17(27)14(11-12-7-3-5-9-15(12)25)18-21(22(28)30)34-20(23(31)29(18)19)13-8-4-6-10-16(13)26/h3-11,20H,2,27H2,1H3,(H2,28,30)/b14-11+/t20-/m0/s1. The van der Waals surface area contributed by atoms with Gasteiger partial charge in [0.15, 0.2) is 5.69 Å². The summed E-state index contributed by atoms with van der Waals surface area (Å²) >= 11 is 13.6. The van der Waals surface area contributed by atoms with Gasteiger partial charge in [0, 0.05) is 15.3 Å². The Morgan fingerprint density at radius 2 is 1.76 bits per heavy atom. The second-order valence-electron chi connectivity index (χ2n) is 7.30. The summed E-state index contributed by atoms with van der Waals surface area (Å²) in [5.41, 5.74) is 13.0. The molecule has 10 heteroatoms. The number of thioether (sulfide) groups is 1. The van der Waals surface area contributed by atoms with Crippen molar-refractivity contribution in [1.29, 1.82) is 0 Å². The highest BCUT2D eigenvalue weighted by molar-refractivity contribution is 8.10. The Balaban J connectivity index is 2.12. The average molecular weight is 516 g/mol. The van der Waals surface area contributed by atoms with Crippen molar-refractivity contribution in [3.05, 3.63) is 86.0 Å². The van der Waals surface area contributed by atoms with E-state index in [2.05, 4.69) is 0 Å². The van der Waals surface area contributed by atoms with Crippen LogP contribution in [0.4, 0.5) is 5.69 Å². The van der Waals surface area contributed by atoms with Crippen LogP contribution in [-0.2, 0) is 9.53 Å². The van der Waals surface area contributed by atoms with Crippen molar-refractivity contribution in [2.45, 2.75) is 12.2 Å². The number of fused-ring (bicyclic) bond motifs is 1. The van der Waals surface area contributed by atoms with E-state index in [-0.39, 0.29) is 33.5 Å². The Bertz CT molecular complexity index is 1470. The highest BCUT2D eigenvalue weighted by Crippen LogP contribution is 2.41. The average Bonchev–Trinajstić information content (AvgIpc) is 3.09. The van der Waals surface area contributed by atoms with Gasteiger partial charge >= 0.3 is 5.97 Å². The summed E-state index contributed by atoms with van der Waals surface area (Å²) in [4.78, 5) is 39.3. The number of hydrogen-bond donors (Lipinski definition) is 2. The first-order valence-electron chi connectivity index (χ1n) is 10.2. The van der Waals surface area contributed by atoms with E-state index in [1.165, 1.54) is 0 Å². The molecule has 3 aromatic rings. The predicted octanol–water partition coefficient (Wildman–Crippen LogP) is 3.10. The number of primary amides is 1. The molecule has 1 atom stereocenters. The maximum atomic E-state index is 13.8. The van der Waals surface area contributed by atoms with Crippen molar-refractivity contribution in [2.75, 3.05) is 12.3 Å². The third-order valence-corrected chi connectivity index (χ3v) is 7.24. The van der Waals surface area contributed by atoms with Crippen LogP contribution >= 0.6 is 35.0 Å². The number of rotatable bonds is 5. The quantitative estimate of drug-likeness (QED) is 0.504. The third-order valence-electron chi connectivity index (χ3n) is 5.23. The van der Waals surface area contributed by atoms with Crippen LogP contribution in [0.2, 0.25) is 10.0 Å². The minimum absolute atomic E-state index is 0.0270. The Morgan fingerprint density at radius 3 is 2.38 bits per heavy atom. The number of aromatic nitrogens is 1. The van der Waals surface area contributed by atoms with Crippen LogP contribution < -0.4 is 22.0 Å². The SMILES string of the molecule is CCOC(=O)c1c(N)/c(=C\c2ccccc2Cl)c2n1C(=O)[C@H](c1ccccc1Cl)SC=2C(N)=O. The molecule has 1 aliphatic heterocycles. The van der Waals surface area contributed by atoms with Crippen molar-refractivity contribution >= 4 is 69.4 Å². The van der Waals surface area contributed by atoms with Gasteiger partial charge in [-0.25, -0.2) is 4.79 Å². The van der Waals surface area contributed by atoms with Gasteiger partial charge in [-0.1, -0.05) is 71.4 Å². The van der Waals surface area contributed by atoms with Gasteiger partial charge in [0.25, 0.3) is 5.91 Å². The van der Waals surface area contributed by atoms with Crippen LogP contribution in [0.1, 0.15) is 38.6 Å². The molecule has 4 rings (SSSR count). The normalized spacial score (nSPS) is 15.9. The van der Waals surface area contributed by atoms with Gasteiger partial charge in [-0.2, -0.15) is 0 Å². The lowest BCUT2D eigenvalue weighted by molar-refractivity contribution is -0.112. The lowest BCUT2D eigenvalue weighted by Gasteiger charge is -2.23. The van der Waals surface area contributed by atoms with E-state index in [9.17, 15) is 14.4 Å². The number of nitrogen functional groups attached to an aromatic ring is 1. The maximum Gasteiger partial charge on any atom is 0.357 e. The third kappa shape index (κ3) is 4.09. The first-order valence-corrected chi connectivity index (χ1v) is 11.8. The van der Waals surface area contributed by atoms with Crippen molar-refractivity contribution in [2.24, 2.45) is 5.73 Å². The number of hydrogen-bond acceptors (Lipinski definition) is 6. The zero-order valence-corrected chi connectivity index (χ0v) is 20.2. The number of benzene rings is 2. The van der Waals surface area contributed by atoms with Crippen LogP contribution in [0.5, 0.6) is 0 Å². The Labute approximate surface area is 209 Å². The molecule has 2 aromatic carbocycles. The van der Waals surface area contributed by atoms with Gasteiger partial charge in [-0.3, -0.25) is 14.2 Å². The molecular formula is C24H19Cl2N3O4S. The molecule has 0 aliphatic carbocycles. The van der Waals surface area contributed by atoms with Crippen molar-refractivity contribution in [3.63, 3.8) is 0 Å². The van der Waals surface area contributed by atoms with Crippen LogP contribution in [-0.4, -0.2) is 29.0 Å². The van der Waals surface area contributed by atoms with E-state index in [1.54, 1.807) is 61.5 Å². The Morgan fingerprint density at radius 1 is 1.12 bits per heavy atom. The molecule has 0 unspecified atom stereocenters. The summed E-state index contributed by atoms with van der Waals surface area (Å²) in [5, 5.41) is 0.205. The Hall–Kier alpha value is -3.20. The summed E-state index contributed by atoms with van der Waals surface area (Å²) in [5.74, 6) is -2.09. The monoisotopic (exact) mass is 515 g/mol. The van der Waals surface area contributed by atoms with E-state index in [0.29, 0.717) is 21.2 Å². The summed E-state index contributed by atoms with van der Waals surface area (Å²) in [6, 6.07) is 13.7. The van der Waals surface area contributed by atoms with Crippen LogP contribution in [0, 0.1) is 0 Å². The molecule has 1 aliphatic rings. The molecule has 174 valence electrons. The number of anilines is 1. The number of esters is 1. The molecule has 7 nitrogen and oxygen atoms in total. The van der Waals surface area contributed by atoms with Gasteiger partial charge in [0.1, 0.15) is 5.25 Å². The van der Waals surface area contributed by atoms with E-state index in [4.69, 9.17) is 39.4 Å². The van der Waals surface area contributed by atoms with Gasteiger partial charge < -0.3 is 16.2 Å². The Kier molecular flexibility index (Phi) is 6.74. The number of ether oxygens (including phenoxy) is 1. The van der Waals surface area contributed by atoms with Gasteiger partial charge in [0.2, 0.25) is 5.91 Å². The fourth-order valence-electron chi connectivity index (χ4n) is 3.75. The topological polar surface area (TPSA) is 117 Å². The molecule has 0 saturated carbocycles.